The van der Waals surface area contributed by atoms with Gasteiger partial charge in [0.1, 0.15) is 0 Å². The minimum Gasteiger partial charge on any atom is -0.348 e. The highest BCUT2D eigenvalue weighted by Crippen LogP contribution is 2.21. The summed E-state index contributed by atoms with van der Waals surface area (Å²) in [5, 5.41) is 0.800. The number of imidazole rings is 1. The average molecular weight is 409 g/mol. The van der Waals surface area contributed by atoms with Crippen molar-refractivity contribution in [3.8, 4) is 0 Å². The minimum absolute atomic E-state index is 0.528. The van der Waals surface area contributed by atoms with Crippen LogP contribution in [0.2, 0.25) is 5.02 Å². The van der Waals surface area contributed by atoms with Gasteiger partial charge in [0.25, 0.3) is 0 Å². The maximum atomic E-state index is 6.05. The molecule has 3 aromatic rings. The van der Waals surface area contributed by atoms with Gasteiger partial charge in [-0.05, 0) is 43.0 Å². The monoisotopic (exact) mass is 408 g/mol. The molecule has 4 nitrogen and oxygen atoms in total. The van der Waals surface area contributed by atoms with Crippen LogP contribution in [0.4, 0.5) is 0 Å². The highest BCUT2D eigenvalue weighted by molar-refractivity contribution is 6.30. The van der Waals surface area contributed by atoms with Gasteiger partial charge in [-0.1, -0.05) is 53.6 Å². The first-order chi connectivity index (χ1) is 14.2. The van der Waals surface area contributed by atoms with E-state index in [4.69, 9.17) is 11.6 Å². The third-order valence-corrected chi connectivity index (χ3v) is 6.07. The lowest BCUT2D eigenvalue weighted by atomic mass is 10.0. The second kappa shape index (κ2) is 9.57. The standard InChI is InChI=1S/C24H29ClN4/c1-19-2-4-21(5-3-19)16-29-13-12-28(15-20-6-8-22(25)9-7-20)17-24(29)11-10-23-14-26-18-27-23/h2-9,14,18,24H,10-13,15-17H2,1H3,(H,26,27). The van der Waals surface area contributed by atoms with Gasteiger partial charge in [-0.2, -0.15) is 0 Å². The number of rotatable bonds is 7. The molecule has 0 spiro atoms. The van der Waals surface area contributed by atoms with Gasteiger partial charge >= 0.3 is 0 Å². The molecule has 5 heteroatoms. The quantitative estimate of drug-likeness (QED) is 0.615. The molecule has 1 fully saturated rings. The summed E-state index contributed by atoms with van der Waals surface area (Å²) >= 11 is 6.05. The van der Waals surface area contributed by atoms with Gasteiger partial charge in [0, 0.05) is 55.7 Å². The zero-order valence-corrected chi connectivity index (χ0v) is 17.8. The summed E-state index contributed by atoms with van der Waals surface area (Å²) in [6.45, 7) is 7.41. The Balaban J connectivity index is 1.42. The van der Waals surface area contributed by atoms with E-state index in [1.807, 2.05) is 18.3 Å². The van der Waals surface area contributed by atoms with E-state index in [1.54, 1.807) is 6.33 Å². The number of hydrogen-bond donors (Lipinski definition) is 1. The van der Waals surface area contributed by atoms with Crippen molar-refractivity contribution >= 4 is 11.6 Å². The summed E-state index contributed by atoms with van der Waals surface area (Å²) in [6.07, 6.45) is 5.88. The number of benzene rings is 2. The summed E-state index contributed by atoms with van der Waals surface area (Å²) in [5.74, 6) is 0. The van der Waals surface area contributed by atoms with Crippen molar-refractivity contribution in [1.29, 1.82) is 0 Å². The molecule has 0 radical (unpaired) electrons. The third kappa shape index (κ3) is 5.69. The first-order valence-electron chi connectivity index (χ1n) is 10.4. The van der Waals surface area contributed by atoms with Crippen molar-refractivity contribution in [1.82, 2.24) is 19.8 Å². The number of H-pyrrole nitrogens is 1. The molecule has 0 aliphatic carbocycles. The van der Waals surface area contributed by atoms with Crippen LogP contribution in [0.15, 0.2) is 61.1 Å². The van der Waals surface area contributed by atoms with Crippen molar-refractivity contribution in [2.45, 2.75) is 38.9 Å². The van der Waals surface area contributed by atoms with Gasteiger partial charge in [-0.15, -0.1) is 0 Å². The molecule has 0 bridgehead atoms. The molecule has 2 aromatic carbocycles. The molecule has 29 heavy (non-hydrogen) atoms. The van der Waals surface area contributed by atoms with Crippen molar-refractivity contribution in [3.05, 3.63) is 88.5 Å². The topological polar surface area (TPSA) is 35.2 Å². The fourth-order valence-electron chi connectivity index (χ4n) is 4.10. The zero-order chi connectivity index (χ0) is 20.1. The van der Waals surface area contributed by atoms with Crippen LogP contribution in [0.5, 0.6) is 0 Å². The van der Waals surface area contributed by atoms with Gasteiger partial charge in [0.2, 0.25) is 0 Å². The largest absolute Gasteiger partial charge is 0.348 e. The molecule has 2 heterocycles. The normalized spacial score (nSPS) is 18.2. The number of hydrogen-bond acceptors (Lipinski definition) is 3. The molecule has 1 atom stereocenters. The molecular formula is C24H29ClN4. The lowest BCUT2D eigenvalue weighted by Crippen LogP contribution is -2.52. The SMILES string of the molecule is Cc1ccc(CN2CCN(Cc3ccc(Cl)cc3)CC2CCc2cnc[nH]2)cc1. The Kier molecular flexibility index (Phi) is 6.65. The molecule has 1 saturated heterocycles. The summed E-state index contributed by atoms with van der Waals surface area (Å²) in [4.78, 5) is 12.6. The van der Waals surface area contributed by atoms with Crippen LogP contribution < -0.4 is 0 Å². The lowest BCUT2D eigenvalue weighted by molar-refractivity contribution is 0.0596. The Morgan fingerprint density at radius 1 is 1.00 bits per heavy atom. The van der Waals surface area contributed by atoms with Crippen LogP contribution in [-0.2, 0) is 19.5 Å². The van der Waals surface area contributed by atoms with Crippen LogP contribution >= 0.6 is 11.6 Å². The Labute approximate surface area is 178 Å². The molecule has 0 amide bonds. The highest BCUT2D eigenvalue weighted by atomic mass is 35.5. The Morgan fingerprint density at radius 2 is 1.72 bits per heavy atom. The number of aromatic nitrogens is 2. The van der Waals surface area contributed by atoms with E-state index in [-0.39, 0.29) is 0 Å². The molecule has 1 N–H and O–H groups in total. The fourth-order valence-corrected chi connectivity index (χ4v) is 4.23. The predicted octanol–water partition coefficient (Wildman–Crippen LogP) is 4.69. The summed E-state index contributed by atoms with van der Waals surface area (Å²) in [7, 11) is 0. The molecule has 1 aliphatic rings. The van der Waals surface area contributed by atoms with E-state index < -0.39 is 0 Å². The van der Waals surface area contributed by atoms with E-state index in [0.29, 0.717) is 6.04 Å². The number of aryl methyl sites for hydroxylation is 2. The number of nitrogens with one attached hydrogen (secondary N) is 1. The van der Waals surface area contributed by atoms with Crippen molar-refractivity contribution < 1.29 is 0 Å². The van der Waals surface area contributed by atoms with Crippen molar-refractivity contribution in [2.75, 3.05) is 19.6 Å². The fraction of sp³-hybridized carbons (Fsp3) is 0.375. The molecule has 4 rings (SSSR count). The Hall–Kier alpha value is -2.14. The van der Waals surface area contributed by atoms with Crippen LogP contribution in [-0.4, -0.2) is 45.4 Å². The van der Waals surface area contributed by atoms with Crippen LogP contribution in [0, 0.1) is 6.92 Å². The molecule has 0 saturated carbocycles. The first-order valence-corrected chi connectivity index (χ1v) is 10.8. The second-order valence-corrected chi connectivity index (χ2v) is 8.52. The number of piperazine rings is 1. The van der Waals surface area contributed by atoms with Gasteiger partial charge in [0.15, 0.2) is 0 Å². The van der Waals surface area contributed by atoms with Gasteiger partial charge < -0.3 is 4.98 Å². The maximum absolute atomic E-state index is 6.05. The summed E-state index contributed by atoms with van der Waals surface area (Å²) < 4.78 is 0. The molecular weight excluding hydrogens is 380 g/mol. The summed E-state index contributed by atoms with van der Waals surface area (Å²) in [5.41, 5.74) is 5.26. The Morgan fingerprint density at radius 3 is 2.45 bits per heavy atom. The van der Waals surface area contributed by atoms with Crippen LogP contribution in [0.25, 0.3) is 0 Å². The minimum atomic E-state index is 0.528. The molecule has 152 valence electrons. The molecule has 1 unspecified atom stereocenters. The van der Waals surface area contributed by atoms with Gasteiger partial charge in [-0.3, -0.25) is 9.80 Å². The number of nitrogens with zero attached hydrogens (tertiary/aromatic N) is 3. The van der Waals surface area contributed by atoms with Gasteiger partial charge in [0.05, 0.1) is 6.33 Å². The van der Waals surface area contributed by atoms with E-state index in [1.165, 1.54) is 22.4 Å². The third-order valence-electron chi connectivity index (χ3n) is 5.82. The first kappa shape index (κ1) is 20.1. The highest BCUT2D eigenvalue weighted by Gasteiger charge is 2.27. The molecule has 1 aromatic heterocycles. The van der Waals surface area contributed by atoms with Crippen molar-refractivity contribution in [2.24, 2.45) is 0 Å². The van der Waals surface area contributed by atoms with Crippen molar-refractivity contribution in [3.63, 3.8) is 0 Å². The number of aromatic amines is 1. The smallest absolute Gasteiger partial charge is 0.0921 e. The van der Waals surface area contributed by atoms with Gasteiger partial charge in [-0.25, -0.2) is 4.98 Å². The van der Waals surface area contributed by atoms with Crippen LogP contribution in [0.3, 0.4) is 0 Å². The summed E-state index contributed by atoms with van der Waals surface area (Å²) in [6, 6.07) is 17.7. The van der Waals surface area contributed by atoms with E-state index in [9.17, 15) is 0 Å². The number of halogens is 1. The molecule has 1 aliphatic heterocycles. The van der Waals surface area contributed by atoms with E-state index in [0.717, 1.165) is 50.6 Å². The van der Waals surface area contributed by atoms with E-state index >= 15 is 0 Å². The second-order valence-electron chi connectivity index (χ2n) is 8.09. The average Bonchev–Trinajstić information content (AvgIpc) is 3.25. The Bertz CT molecular complexity index is 874. The zero-order valence-electron chi connectivity index (χ0n) is 17.0. The predicted molar refractivity (Wildman–Crippen MR) is 119 cm³/mol. The lowest BCUT2D eigenvalue weighted by Gasteiger charge is -2.42. The van der Waals surface area contributed by atoms with Crippen LogP contribution in [0.1, 0.15) is 28.8 Å². The maximum Gasteiger partial charge on any atom is 0.0921 e. The van der Waals surface area contributed by atoms with E-state index in [2.05, 4.69) is 63.1 Å².